The number of aryl methyl sites for hydroxylation is 3. The number of aromatic nitrogens is 5. The zero-order valence-corrected chi connectivity index (χ0v) is 12.9. The van der Waals surface area contributed by atoms with Crippen molar-refractivity contribution < 1.29 is 0 Å². The van der Waals surface area contributed by atoms with E-state index in [4.69, 9.17) is 12.2 Å². The SMILES string of the molecule is Cc1cnc(-c2nc(=S)cc(-c3cnn(C)c3)[nH]2)c(C)c1. The second-order valence-electron chi connectivity index (χ2n) is 5.06. The summed E-state index contributed by atoms with van der Waals surface area (Å²) in [5.41, 5.74) is 4.86. The largest absolute Gasteiger partial charge is 0.338 e. The van der Waals surface area contributed by atoms with E-state index in [1.54, 1.807) is 10.9 Å². The lowest BCUT2D eigenvalue weighted by Crippen LogP contribution is -1.97. The molecule has 5 nitrogen and oxygen atoms in total. The molecule has 0 bridgehead atoms. The number of H-pyrrole nitrogens is 1. The third kappa shape index (κ3) is 2.75. The lowest BCUT2D eigenvalue weighted by Gasteiger charge is -2.07. The summed E-state index contributed by atoms with van der Waals surface area (Å²) < 4.78 is 2.28. The second kappa shape index (κ2) is 5.21. The Bertz CT molecular complexity index is 862. The third-order valence-electron chi connectivity index (χ3n) is 3.20. The van der Waals surface area contributed by atoms with Gasteiger partial charge in [-0.15, -0.1) is 0 Å². The maximum Gasteiger partial charge on any atom is 0.158 e. The Hall–Kier alpha value is -2.34. The van der Waals surface area contributed by atoms with Crippen molar-refractivity contribution in [2.24, 2.45) is 7.05 Å². The summed E-state index contributed by atoms with van der Waals surface area (Å²) >= 11 is 5.28. The van der Waals surface area contributed by atoms with E-state index in [0.29, 0.717) is 10.5 Å². The number of hydrogen-bond donors (Lipinski definition) is 1. The van der Waals surface area contributed by atoms with Gasteiger partial charge in [0.15, 0.2) is 5.82 Å². The van der Waals surface area contributed by atoms with Gasteiger partial charge in [0.05, 0.1) is 11.9 Å². The fourth-order valence-corrected chi connectivity index (χ4v) is 2.46. The van der Waals surface area contributed by atoms with Crippen LogP contribution in [0.4, 0.5) is 0 Å². The van der Waals surface area contributed by atoms with E-state index in [0.717, 1.165) is 28.1 Å². The fourth-order valence-electron chi connectivity index (χ4n) is 2.25. The van der Waals surface area contributed by atoms with Crippen molar-refractivity contribution in [1.82, 2.24) is 24.7 Å². The highest BCUT2D eigenvalue weighted by atomic mass is 32.1. The molecule has 3 heterocycles. The first-order valence-electron chi connectivity index (χ1n) is 6.57. The number of nitrogens with zero attached hydrogens (tertiary/aromatic N) is 4. The summed E-state index contributed by atoms with van der Waals surface area (Å²) in [6.07, 6.45) is 5.55. The van der Waals surface area contributed by atoms with E-state index in [1.807, 2.05) is 39.4 Å². The normalized spacial score (nSPS) is 10.8. The van der Waals surface area contributed by atoms with Gasteiger partial charge in [-0.2, -0.15) is 5.10 Å². The highest BCUT2D eigenvalue weighted by Crippen LogP contribution is 2.22. The Balaban J connectivity index is 2.16. The molecule has 0 aromatic carbocycles. The molecule has 0 radical (unpaired) electrons. The molecular formula is C15H15N5S. The second-order valence-corrected chi connectivity index (χ2v) is 5.48. The molecule has 0 amide bonds. The maximum atomic E-state index is 5.28. The first-order valence-corrected chi connectivity index (χ1v) is 6.98. The van der Waals surface area contributed by atoms with Crippen molar-refractivity contribution in [3.63, 3.8) is 0 Å². The number of pyridine rings is 1. The predicted molar refractivity (Wildman–Crippen MR) is 84.3 cm³/mol. The molecular weight excluding hydrogens is 282 g/mol. The maximum absolute atomic E-state index is 5.28. The van der Waals surface area contributed by atoms with Crippen LogP contribution in [0.3, 0.4) is 0 Å². The molecule has 1 N–H and O–H groups in total. The molecule has 21 heavy (non-hydrogen) atoms. The minimum atomic E-state index is 0.532. The van der Waals surface area contributed by atoms with E-state index in [9.17, 15) is 0 Å². The van der Waals surface area contributed by atoms with Crippen molar-refractivity contribution >= 4 is 12.2 Å². The van der Waals surface area contributed by atoms with E-state index in [-0.39, 0.29) is 0 Å². The van der Waals surface area contributed by atoms with Crippen LogP contribution in [-0.4, -0.2) is 24.7 Å². The number of hydrogen-bond acceptors (Lipinski definition) is 4. The van der Waals surface area contributed by atoms with Gasteiger partial charge in [0.2, 0.25) is 0 Å². The molecule has 106 valence electrons. The van der Waals surface area contributed by atoms with Gasteiger partial charge in [-0.25, -0.2) is 4.98 Å². The highest BCUT2D eigenvalue weighted by molar-refractivity contribution is 7.71. The number of rotatable bonds is 2. The number of aromatic amines is 1. The van der Waals surface area contributed by atoms with E-state index in [2.05, 4.69) is 26.1 Å². The average Bonchev–Trinajstić information content (AvgIpc) is 2.84. The average molecular weight is 297 g/mol. The first-order chi connectivity index (χ1) is 10.0. The van der Waals surface area contributed by atoms with Crippen molar-refractivity contribution in [2.75, 3.05) is 0 Å². The minimum Gasteiger partial charge on any atom is -0.338 e. The van der Waals surface area contributed by atoms with Gasteiger partial charge in [-0.3, -0.25) is 9.67 Å². The van der Waals surface area contributed by atoms with Crippen LogP contribution in [0, 0.1) is 18.5 Å². The topological polar surface area (TPSA) is 59.4 Å². The molecule has 0 aliphatic carbocycles. The standard InChI is InChI=1S/C15H15N5S/c1-9-4-10(2)14(16-6-9)15-18-12(5-13(21)19-15)11-7-17-20(3)8-11/h4-8H,1-3H3,(H,18,19,21). The van der Waals surface area contributed by atoms with Crippen LogP contribution in [0.5, 0.6) is 0 Å². The van der Waals surface area contributed by atoms with Gasteiger partial charge in [0.25, 0.3) is 0 Å². The lowest BCUT2D eigenvalue weighted by molar-refractivity contribution is 0.768. The fraction of sp³-hybridized carbons (Fsp3) is 0.200. The molecule has 0 aliphatic heterocycles. The van der Waals surface area contributed by atoms with Crippen LogP contribution in [0.2, 0.25) is 0 Å². The van der Waals surface area contributed by atoms with Gasteiger partial charge < -0.3 is 4.98 Å². The number of nitrogens with one attached hydrogen (secondary N) is 1. The smallest absolute Gasteiger partial charge is 0.158 e. The molecule has 0 unspecified atom stereocenters. The Kier molecular flexibility index (Phi) is 3.39. The Morgan fingerprint density at radius 2 is 2.00 bits per heavy atom. The molecule has 3 aromatic rings. The molecule has 0 fully saturated rings. The van der Waals surface area contributed by atoms with Crippen LogP contribution in [0.25, 0.3) is 22.8 Å². The molecule has 3 aromatic heterocycles. The molecule has 0 aliphatic rings. The Morgan fingerprint density at radius 3 is 2.67 bits per heavy atom. The van der Waals surface area contributed by atoms with Crippen LogP contribution in [0.1, 0.15) is 11.1 Å². The molecule has 6 heteroatoms. The summed E-state index contributed by atoms with van der Waals surface area (Å²) in [4.78, 5) is 12.2. The van der Waals surface area contributed by atoms with Gasteiger partial charge in [0.1, 0.15) is 10.3 Å². The molecule has 3 rings (SSSR count). The molecule has 0 saturated carbocycles. The quantitative estimate of drug-likeness (QED) is 0.738. The molecule has 0 saturated heterocycles. The summed E-state index contributed by atoms with van der Waals surface area (Å²) in [5, 5.41) is 4.18. The summed E-state index contributed by atoms with van der Waals surface area (Å²) in [6.45, 7) is 4.04. The van der Waals surface area contributed by atoms with Crippen molar-refractivity contribution in [3.8, 4) is 22.8 Å². The highest BCUT2D eigenvalue weighted by Gasteiger charge is 2.09. The Morgan fingerprint density at radius 1 is 1.19 bits per heavy atom. The van der Waals surface area contributed by atoms with E-state index < -0.39 is 0 Å². The van der Waals surface area contributed by atoms with E-state index >= 15 is 0 Å². The Labute approximate surface area is 127 Å². The minimum absolute atomic E-state index is 0.532. The summed E-state index contributed by atoms with van der Waals surface area (Å²) in [7, 11) is 1.88. The predicted octanol–water partition coefficient (Wildman–Crippen LogP) is 3.22. The molecule has 0 atom stereocenters. The van der Waals surface area contributed by atoms with Gasteiger partial charge in [-0.1, -0.05) is 18.3 Å². The van der Waals surface area contributed by atoms with Crippen molar-refractivity contribution in [2.45, 2.75) is 13.8 Å². The van der Waals surface area contributed by atoms with Crippen molar-refractivity contribution in [1.29, 1.82) is 0 Å². The summed E-state index contributed by atoms with van der Waals surface area (Å²) in [5.74, 6) is 0.679. The zero-order chi connectivity index (χ0) is 15.0. The lowest BCUT2D eigenvalue weighted by atomic mass is 10.1. The van der Waals surface area contributed by atoms with Gasteiger partial charge >= 0.3 is 0 Å². The van der Waals surface area contributed by atoms with Crippen LogP contribution < -0.4 is 0 Å². The van der Waals surface area contributed by atoms with Crippen molar-refractivity contribution in [3.05, 3.63) is 46.5 Å². The zero-order valence-electron chi connectivity index (χ0n) is 12.1. The van der Waals surface area contributed by atoms with Crippen LogP contribution in [-0.2, 0) is 7.05 Å². The first kappa shape index (κ1) is 13.6. The van der Waals surface area contributed by atoms with E-state index in [1.165, 1.54) is 0 Å². The van der Waals surface area contributed by atoms with Crippen LogP contribution >= 0.6 is 12.2 Å². The van der Waals surface area contributed by atoms with Crippen LogP contribution in [0.15, 0.2) is 30.7 Å². The summed E-state index contributed by atoms with van der Waals surface area (Å²) in [6, 6.07) is 3.91. The van der Waals surface area contributed by atoms with Gasteiger partial charge in [-0.05, 0) is 31.0 Å². The third-order valence-corrected chi connectivity index (χ3v) is 3.41. The van der Waals surface area contributed by atoms with Gasteiger partial charge in [0, 0.05) is 25.0 Å². The molecule has 0 spiro atoms. The monoisotopic (exact) mass is 297 g/mol.